The van der Waals surface area contributed by atoms with Gasteiger partial charge in [0, 0.05) is 10.0 Å². The van der Waals surface area contributed by atoms with E-state index in [2.05, 4.69) is 21.2 Å². The summed E-state index contributed by atoms with van der Waals surface area (Å²) >= 11 is 9.43. The molecule has 1 heterocycles. The lowest BCUT2D eigenvalue weighted by Gasteiger charge is -2.16. The van der Waals surface area contributed by atoms with Crippen molar-refractivity contribution in [1.29, 1.82) is 0 Å². The average molecular weight is 275 g/mol. The molecule has 1 N–H and O–H groups in total. The van der Waals surface area contributed by atoms with Crippen molar-refractivity contribution in [2.75, 3.05) is 5.32 Å². The van der Waals surface area contributed by atoms with Gasteiger partial charge in [0.15, 0.2) is 0 Å². The predicted octanol–water partition coefficient (Wildman–Crippen LogP) is 3.33. The topological polar surface area (TPSA) is 29.1 Å². The van der Waals surface area contributed by atoms with Crippen molar-refractivity contribution in [1.82, 2.24) is 0 Å². The number of carbonyl (C=O) groups is 1. The maximum Gasteiger partial charge on any atom is 0.234 e. The Morgan fingerprint density at radius 1 is 1.43 bits per heavy atom. The number of halogens is 2. The molecular formula is C10H9BrClNO. The number of hydrogen-bond donors (Lipinski definition) is 1. The number of hydrogen-bond acceptors (Lipinski definition) is 1. The molecule has 1 aliphatic rings. The Morgan fingerprint density at radius 2 is 2.07 bits per heavy atom. The molecule has 0 atom stereocenters. The minimum Gasteiger partial charge on any atom is -0.324 e. The Balaban J connectivity index is 2.76. The van der Waals surface area contributed by atoms with Gasteiger partial charge in [0.1, 0.15) is 0 Å². The molecule has 1 aromatic carbocycles. The molecule has 14 heavy (non-hydrogen) atoms. The summed E-state index contributed by atoms with van der Waals surface area (Å²) in [5, 5.41) is 3.38. The van der Waals surface area contributed by atoms with Crippen molar-refractivity contribution in [3.8, 4) is 0 Å². The number of carbonyl (C=O) groups excluding carboxylic acids is 1. The van der Waals surface area contributed by atoms with Crippen molar-refractivity contribution < 1.29 is 4.79 Å². The van der Waals surface area contributed by atoms with Gasteiger partial charge in [-0.25, -0.2) is 0 Å². The largest absolute Gasteiger partial charge is 0.324 e. The van der Waals surface area contributed by atoms with Crippen LogP contribution in [0, 0.1) is 0 Å². The second kappa shape index (κ2) is 2.97. The molecule has 0 spiro atoms. The van der Waals surface area contributed by atoms with Crippen molar-refractivity contribution in [3.63, 3.8) is 0 Å². The van der Waals surface area contributed by atoms with Gasteiger partial charge in [-0.05, 0) is 26.0 Å². The molecule has 0 bridgehead atoms. The van der Waals surface area contributed by atoms with E-state index in [9.17, 15) is 4.79 Å². The standard InChI is InChI=1S/C10H9BrClNO/c1-10(2)7-5(11)3-4-6(12)8(7)13-9(10)14/h3-4H,1-2H3,(H,13,14). The molecule has 74 valence electrons. The Hall–Kier alpha value is -0.540. The zero-order valence-electron chi connectivity index (χ0n) is 7.82. The molecule has 2 rings (SSSR count). The van der Waals surface area contributed by atoms with Crippen molar-refractivity contribution in [3.05, 3.63) is 27.2 Å². The van der Waals surface area contributed by atoms with Crippen LogP contribution < -0.4 is 5.32 Å². The van der Waals surface area contributed by atoms with Crippen molar-refractivity contribution in [2.24, 2.45) is 0 Å². The normalized spacial score (nSPS) is 17.9. The summed E-state index contributed by atoms with van der Waals surface area (Å²) in [6.45, 7) is 3.77. The van der Waals surface area contributed by atoms with Crippen molar-refractivity contribution in [2.45, 2.75) is 19.3 Å². The van der Waals surface area contributed by atoms with Crippen LogP contribution in [0.4, 0.5) is 5.69 Å². The Morgan fingerprint density at radius 3 is 2.64 bits per heavy atom. The summed E-state index contributed by atoms with van der Waals surface area (Å²) in [5.74, 6) is -0.0127. The minimum absolute atomic E-state index is 0.0127. The zero-order valence-corrected chi connectivity index (χ0v) is 10.2. The van der Waals surface area contributed by atoms with Crippen LogP contribution in [0.25, 0.3) is 0 Å². The predicted molar refractivity (Wildman–Crippen MR) is 60.8 cm³/mol. The van der Waals surface area contributed by atoms with Crippen LogP contribution in [-0.2, 0) is 10.2 Å². The lowest BCUT2D eigenvalue weighted by Crippen LogP contribution is -2.27. The van der Waals surface area contributed by atoms with E-state index in [1.165, 1.54) is 0 Å². The fourth-order valence-electron chi connectivity index (χ4n) is 1.67. The zero-order chi connectivity index (χ0) is 10.5. The third-order valence-corrected chi connectivity index (χ3v) is 3.51. The summed E-state index contributed by atoms with van der Waals surface area (Å²) < 4.78 is 0.917. The van der Waals surface area contributed by atoms with Crippen LogP contribution in [-0.4, -0.2) is 5.91 Å². The highest BCUT2D eigenvalue weighted by atomic mass is 79.9. The number of benzene rings is 1. The fraction of sp³-hybridized carbons (Fsp3) is 0.300. The third kappa shape index (κ3) is 1.19. The highest BCUT2D eigenvalue weighted by molar-refractivity contribution is 9.10. The Kier molecular flexibility index (Phi) is 2.12. The van der Waals surface area contributed by atoms with Gasteiger partial charge in [0.05, 0.1) is 16.1 Å². The van der Waals surface area contributed by atoms with E-state index in [0.29, 0.717) is 5.02 Å². The SMILES string of the molecule is CC1(C)C(=O)Nc2c(Cl)ccc(Br)c21. The van der Waals surface area contributed by atoms with E-state index in [-0.39, 0.29) is 5.91 Å². The summed E-state index contributed by atoms with van der Waals surface area (Å²) in [6, 6.07) is 3.63. The number of anilines is 1. The van der Waals surface area contributed by atoms with E-state index in [1.54, 1.807) is 6.07 Å². The highest BCUT2D eigenvalue weighted by Crippen LogP contribution is 2.45. The third-order valence-electron chi connectivity index (χ3n) is 2.53. The molecule has 0 unspecified atom stereocenters. The fourth-order valence-corrected chi connectivity index (χ4v) is 2.70. The highest BCUT2D eigenvalue weighted by Gasteiger charge is 2.40. The number of amides is 1. The monoisotopic (exact) mass is 273 g/mol. The number of rotatable bonds is 0. The number of fused-ring (bicyclic) bond motifs is 1. The molecule has 0 fully saturated rings. The van der Waals surface area contributed by atoms with Crippen LogP contribution in [0.15, 0.2) is 16.6 Å². The van der Waals surface area contributed by atoms with Gasteiger partial charge in [-0.1, -0.05) is 27.5 Å². The lowest BCUT2D eigenvalue weighted by molar-refractivity contribution is -0.119. The first-order chi connectivity index (χ1) is 6.44. The van der Waals surface area contributed by atoms with Gasteiger partial charge in [-0.15, -0.1) is 0 Å². The Bertz CT molecular complexity index is 428. The molecule has 0 saturated heterocycles. The molecule has 4 heteroatoms. The summed E-state index contributed by atoms with van der Waals surface area (Å²) in [7, 11) is 0. The molecule has 2 nitrogen and oxygen atoms in total. The van der Waals surface area contributed by atoms with Crippen LogP contribution in [0.2, 0.25) is 5.02 Å². The molecule has 1 aromatic rings. The first kappa shape index (κ1) is 9.99. The average Bonchev–Trinajstić information content (AvgIpc) is 2.33. The Labute approximate surface area is 95.8 Å². The van der Waals surface area contributed by atoms with Crippen LogP contribution in [0.1, 0.15) is 19.4 Å². The second-order valence-electron chi connectivity index (χ2n) is 3.86. The van der Waals surface area contributed by atoms with E-state index in [0.717, 1.165) is 15.7 Å². The molecule has 0 radical (unpaired) electrons. The summed E-state index contributed by atoms with van der Waals surface area (Å²) in [5.41, 5.74) is 1.16. The molecule has 0 aromatic heterocycles. The second-order valence-corrected chi connectivity index (χ2v) is 5.12. The van der Waals surface area contributed by atoms with E-state index in [4.69, 9.17) is 11.6 Å². The van der Waals surface area contributed by atoms with Gasteiger partial charge in [-0.3, -0.25) is 4.79 Å². The molecule has 0 aliphatic carbocycles. The summed E-state index contributed by atoms with van der Waals surface area (Å²) in [6.07, 6.45) is 0. The van der Waals surface area contributed by atoms with Gasteiger partial charge < -0.3 is 5.32 Å². The minimum atomic E-state index is -0.515. The number of nitrogens with one attached hydrogen (secondary N) is 1. The van der Waals surface area contributed by atoms with E-state index >= 15 is 0 Å². The lowest BCUT2D eigenvalue weighted by atomic mass is 9.86. The van der Waals surface area contributed by atoms with Gasteiger partial charge in [0.25, 0.3) is 0 Å². The van der Waals surface area contributed by atoms with Crippen LogP contribution in [0.5, 0.6) is 0 Å². The molecule has 0 saturated carbocycles. The molecule has 1 amide bonds. The maximum absolute atomic E-state index is 11.7. The van der Waals surface area contributed by atoms with Gasteiger partial charge in [-0.2, -0.15) is 0 Å². The van der Waals surface area contributed by atoms with Crippen LogP contribution >= 0.6 is 27.5 Å². The molecular weight excluding hydrogens is 265 g/mol. The maximum atomic E-state index is 11.7. The quantitative estimate of drug-likeness (QED) is 0.772. The van der Waals surface area contributed by atoms with E-state index in [1.807, 2.05) is 19.9 Å². The first-order valence-corrected chi connectivity index (χ1v) is 5.41. The van der Waals surface area contributed by atoms with Crippen LogP contribution in [0.3, 0.4) is 0 Å². The molecule has 1 aliphatic heterocycles. The van der Waals surface area contributed by atoms with E-state index < -0.39 is 5.41 Å². The van der Waals surface area contributed by atoms with Gasteiger partial charge in [0.2, 0.25) is 5.91 Å². The van der Waals surface area contributed by atoms with Crippen molar-refractivity contribution >= 4 is 39.1 Å². The first-order valence-electron chi connectivity index (χ1n) is 4.24. The summed E-state index contributed by atoms with van der Waals surface area (Å²) in [4.78, 5) is 11.7. The van der Waals surface area contributed by atoms with Gasteiger partial charge >= 0.3 is 0 Å². The smallest absolute Gasteiger partial charge is 0.234 e.